The Morgan fingerprint density at radius 1 is 1.47 bits per heavy atom. The second kappa shape index (κ2) is 6.14. The highest BCUT2D eigenvalue weighted by atomic mass is 35.5. The van der Waals surface area contributed by atoms with Gasteiger partial charge in [0.1, 0.15) is 12.1 Å². The van der Waals surface area contributed by atoms with Crippen LogP contribution in [0, 0.1) is 10.1 Å². The maximum absolute atomic E-state index is 12.1. The summed E-state index contributed by atoms with van der Waals surface area (Å²) in [5, 5.41) is 19.7. The van der Waals surface area contributed by atoms with Crippen LogP contribution >= 0.6 is 11.6 Å². The van der Waals surface area contributed by atoms with Crippen molar-refractivity contribution in [1.29, 1.82) is 0 Å². The lowest BCUT2D eigenvalue weighted by molar-refractivity contribution is -0.385. The summed E-state index contributed by atoms with van der Waals surface area (Å²) in [6, 6.07) is 3.57. The molecule has 8 heteroatoms. The third-order valence-corrected chi connectivity index (χ3v) is 2.62. The van der Waals surface area contributed by atoms with E-state index in [2.05, 4.69) is 0 Å². The molecule has 102 valence electrons. The fraction of sp³-hybridized carbons (Fsp3) is 0.273. The van der Waals surface area contributed by atoms with Crippen molar-refractivity contribution in [1.82, 2.24) is 4.90 Å². The number of hydrogen-bond donors (Lipinski definition) is 1. The second-order valence-corrected chi connectivity index (χ2v) is 4.07. The molecule has 1 rings (SSSR count). The summed E-state index contributed by atoms with van der Waals surface area (Å²) in [4.78, 5) is 33.8. The van der Waals surface area contributed by atoms with E-state index < -0.39 is 29.0 Å². The number of halogens is 1. The minimum absolute atomic E-state index is 0.120. The van der Waals surface area contributed by atoms with Crippen LogP contribution in [-0.2, 0) is 4.79 Å². The zero-order chi connectivity index (χ0) is 14.6. The van der Waals surface area contributed by atoms with Gasteiger partial charge in [-0.25, -0.2) is 0 Å². The number of nitrogens with zero attached hydrogens (tertiary/aromatic N) is 2. The number of aliphatic carboxylic acids is 1. The van der Waals surface area contributed by atoms with Gasteiger partial charge >= 0.3 is 5.97 Å². The molecule has 0 fully saturated rings. The number of likely N-dealkylation sites (N-methyl/N-ethyl adjacent to an activating group) is 1. The smallest absolute Gasteiger partial charge is 0.323 e. The van der Waals surface area contributed by atoms with Crippen molar-refractivity contribution in [3.63, 3.8) is 0 Å². The maximum Gasteiger partial charge on any atom is 0.323 e. The Labute approximate surface area is 113 Å². The number of rotatable bonds is 5. The van der Waals surface area contributed by atoms with Crippen LogP contribution in [-0.4, -0.2) is 39.9 Å². The molecule has 0 aliphatic carbocycles. The predicted octanol–water partition coefficient (Wildman–Crippen LogP) is 1.79. The van der Waals surface area contributed by atoms with Crippen molar-refractivity contribution in [3.05, 3.63) is 38.9 Å². The van der Waals surface area contributed by atoms with Gasteiger partial charge < -0.3 is 10.0 Å². The van der Waals surface area contributed by atoms with Crippen molar-refractivity contribution in [2.75, 3.05) is 13.1 Å². The average Bonchev–Trinajstić information content (AvgIpc) is 2.34. The van der Waals surface area contributed by atoms with Gasteiger partial charge in [0.25, 0.3) is 11.6 Å². The summed E-state index contributed by atoms with van der Waals surface area (Å²) in [6.45, 7) is 1.17. The van der Waals surface area contributed by atoms with Gasteiger partial charge in [-0.3, -0.25) is 19.7 Å². The molecule has 7 nitrogen and oxygen atoms in total. The summed E-state index contributed by atoms with van der Waals surface area (Å²) < 4.78 is 0. The van der Waals surface area contributed by atoms with Gasteiger partial charge in [-0.1, -0.05) is 11.6 Å². The molecule has 1 aromatic rings. The Kier molecular flexibility index (Phi) is 4.82. The first kappa shape index (κ1) is 14.9. The number of carbonyl (C=O) groups is 2. The number of carbonyl (C=O) groups excluding carboxylic acids is 1. The van der Waals surface area contributed by atoms with Crippen LogP contribution < -0.4 is 0 Å². The van der Waals surface area contributed by atoms with Crippen LogP contribution in [0.2, 0.25) is 5.02 Å². The lowest BCUT2D eigenvalue weighted by Gasteiger charge is -2.18. The lowest BCUT2D eigenvalue weighted by Crippen LogP contribution is -2.35. The standard InChI is InChI=1S/C11H11ClN2O5/c1-2-13(6-10(15)16)11(17)8-5-7(12)3-4-9(8)14(18)19/h3-5H,2,6H2,1H3,(H,15,16). The molecule has 0 saturated heterocycles. The van der Waals surface area contributed by atoms with Crippen LogP contribution in [0.1, 0.15) is 17.3 Å². The molecule has 19 heavy (non-hydrogen) atoms. The number of amides is 1. The SMILES string of the molecule is CCN(CC(=O)O)C(=O)c1cc(Cl)ccc1[N+](=O)[O-]. The molecule has 0 saturated carbocycles. The molecular weight excluding hydrogens is 276 g/mol. The Hall–Kier alpha value is -2.15. The highest BCUT2D eigenvalue weighted by Gasteiger charge is 2.25. The first-order chi connectivity index (χ1) is 8.86. The minimum Gasteiger partial charge on any atom is -0.480 e. The number of nitro benzene ring substituents is 1. The third kappa shape index (κ3) is 3.65. The molecule has 0 heterocycles. The van der Waals surface area contributed by atoms with Crippen LogP contribution in [0.5, 0.6) is 0 Å². The number of hydrogen-bond acceptors (Lipinski definition) is 4. The summed E-state index contributed by atoms with van der Waals surface area (Å²) >= 11 is 5.71. The Morgan fingerprint density at radius 3 is 2.58 bits per heavy atom. The fourth-order valence-corrected chi connectivity index (χ4v) is 1.67. The minimum atomic E-state index is -1.19. The molecule has 0 radical (unpaired) electrons. The fourth-order valence-electron chi connectivity index (χ4n) is 1.50. The van der Waals surface area contributed by atoms with Crippen LogP contribution in [0.25, 0.3) is 0 Å². The Balaban J connectivity index is 3.19. The molecule has 0 aromatic heterocycles. The van der Waals surface area contributed by atoms with E-state index in [4.69, 9.17) is 16.7 Å². The monoisotopic (exact) mass is 286 g/mol. The first-order valence-electron chi connectivity index (χ1n) is 5.31. The van der Waals surface area contributed by atoms with E-state index in [1.165, 1.54) is 6.07 Å². The Morgan fingerprint density at radius 2 is 2.11 bits per heavy atom. The molecule has 1 aromatic carbocycles. The van der Waals surface area contributed by atoms with Gasteiger partial charge in [0.2, 0.25) is 0 Å². The zero-order valence-electron chi connectivity index (χ0n) is 10.00. The van der Waals surface area contributed by atoms with Gasteiger partial charge in [0.05, 0.1) is 4.92 Å². The quantitative estimate of drug-likeness (QED) is 0.657. The molecule has 0 atom stereocenters. The molecule has 1 N–H and O–H groups in total. The van der Waals surface area contributed by atoms with E-state index >= 15 is 0 Å². The van der Waals surface area contributed by atoms with Crippen LogP contribution in [0.4, 0.5) is 5.69 Å². The lowest BCUT2D eigenvalue weighted by atomic mass is 10.1. The van der Waals surface area contributed by atoms with E-state index in [-0.39, 0.29) is 17.1 Å². The summed E-state index contributed by atoms with van der Waals surface area (Å²) in [7, 11) is 0. The summed E-state index contributed by atoms with van der Waals surface area (Å²) in [5.74, 6) is -1.93. The van der Waals surface area contributed by atoms with Crippen molar-refractivity contribution >= 4 is 29.2 Å². The van der Waals surface area contributed by atoms with Gasteiger partial charge in [-0.05, 0) is 19.1 Å². The molecule has 0 bridgehead atoms. The number of nitro groups is 1. The molecule has 0 aliphatic rings. The van der Waals surface area contributed by atoms with Crippen LogP contribution in [0.3, 0.4) is 0 Å². The molecule has 0 unspecified atom stereocenters. The van der Waals surface area contributed by atoms with Crippen molar-refractivity contribution in [2.45, 2.75) is 6.92 Å². The van der Waals surface area contributed by atoms with E-state index in [1.807, 2.05) is 0 Å². The molecule has 1 amide bonds. The van der Waals surface area contributed by atoms with Gasteiger partial charge in [0.15, 0.2) is 0 Å². The highest BCUT2D eigenvalue weighted by Crippen LogP contribution is 2.24. The summed E-state index contributed by atoms with van der Waals surface area (Å²) in [6.07, 6.45) is 0. The zero-order valence-corrected chi connectivity index (χ0v) is 10.8. The van der Waals surface area contributed by atoms with E-state index in [0.717, 1.165) is 17.0 Å². The third-order valence-electron chi connectivity index (χ3n) is 2.38. The average molecular weight is 287 g/mol. The van der Waals surface area contributed by atoms with Gasteiger partial charge in [-0.15, -0.1) is 0 Å². The highest BCUT2D eigenvalue weighted by molar-refractivity contribution is 6.31. The molecule has 0 spiro atoms. The van der Waals surface area contributed by atoms with Gasteiger partial charge in [0, 0.05) is 17.6 Å². The van der Waals surface area contributed by atoms with Crippen molar-refractivity contribution in [3.8, 4) is 0 Å². The van der Waals surface area contributed by atoms with E-state index in [0.29, 0.717) is 0 Å². The molecule has 0 aliphatic heterocycles. The number of benzene rings is 1. The first-order valence-corrected chi connectivity index (χ1v) is 5.69. The van der Waals surface area contributed by atoms with E-state index in [9.17, 15) is 19.7 Å². The maximum atomic E-state index is 12.1. The largest absolute Gasteiger partial charge is 0.480 e. The van der Waals surface area contributed by atoms with Crippen LogP contribution in [0.15, 0.2) is 18.2 Å². The number of carboxylic acid groups (broad SMARTS) is 1. The topological polar surface area (TPSA) is 101 Å². The van der Waals surface area contributed by atoms with Crippen molar-refractivity contribution < 1.29 is 19.6 Å². The predicted molar refractivity (Wildman–Crippen MR) is 67.3 cm³/mol. The second-order valence-electron chi connectivity index (χ2n) is 3.63. The van der Waals surface area contributed by atoms with Crippen molar-refractivity contribution in [2.24, 2.45) is 0 Å². The molecular formula is C11H11ClN2O5. The van der Waals surface area contributed by atoms with Gasteiger partial charge in [-0.2, -0.15) is 0 Å². The van der Waals surface area contributed by atoms with E-state index in [1.54, 1.807) is 6.92 Å². The Bertz CT molecular complexity index is 532. The number of carboxylic acids is 1. The normalized spacial score (nSPS) is 10.0. The summed E-state index contributed by atoms with van der Waals surface area (Å²) in [5.41, 5.74) is -0.626.